The highest BCUT2D eigenvalue weighted by molar-refractivity contribution is 6.29. The lowest BCUT2D eigenvalue weighted by Gasteiger charge is -1.95. The molecule has 0 fully saturated rings. The lowest BCUT2D eigenvalue weighted by atomic mass is 10.7. The summed E-state index contributed by atoms with van der Waals surface area (Å²) in [4.78, 5) is 11.9. The van der Waals surface area contributed by atoms with Crippen LogP contribution in [0.25, 0.3) is 5.95 Å². The number of aromatic nitrogens is 4. The van der Waals surface area contributed by atoms with Gasteiger partial charge in [-0.3, -0.25) is 4.57 Å². The molecular weight excluding hydrogens is 176 g/mol. The van der Waals surface area contributed by atoms with Crippen LogP contribution in [0, 0.1) is 0 Å². The summed E-state index contributed by atoms with van der Waals surface area (Å²) in [5.74, 6) is 0.567. The highest BCUT2D eigenvalue weighted by atomic mass is 35.5. The second-order valence-electron chi connectivity index (χ2n) is 2.15. The van der Waals surface area contributed by atoms with Crippen LogP contribution in [0.4, 0.5) is 0 Å². The minimum atomic E-state index is 0.433. The summed E-state index contributed by atoms with van der Waals surface area (Å²) in [6, 6.07) is 1.75. The van der Waals surface area contributed by atoms with Crippen molar-refractivity contribution in [1.82, 2.24) is 19.5 Å². The lowest BCUT2D eigenvalue weighted by Crippen LogP contribution is -1.95. The first kappa shape index (κ1) is 7.24. The Morgan fingerprint density at radius 2 is 1.92 bits per heavy atom. The molecule has 5 heteroatoms. The van der Waals surface area contributed by atoms with Gasteiger partial charge in [-0.2, -0.15) is 0 Å². The molecule has 0 aromatic carbocycles. The zero-order valence-electron chi connectivity index (χ0n) is 6.05. The van der Waals surface area contributed by atoms with Gasteiger partial charge in [-0.15, -0.1) is 0 Å². The van der Waals surface area contributed by atoms with E-state index in [4.69, 9.17) is 11.6 Å². The van der Waals surface area contributed by atoms with Gasteiger partial charge in [0.1, 0.15) is 11.5 Å². The summed E-state index contributed by atoms with van der Waals surface area (Å²) in [5, 5.41) is 0.433. The van der Waals surface area contributed by atoms with Crippen molar-refractivity contribution in [3.8, 4) is 5.95 Å². The molecule has 0 spiro atoms. The fourth-order valence-corrected chi connectivity index (χ4v) is 0.982. The summed E-state index contributed by atoms with van der Waals surface area (Å²) in [7, 11) is 0. The lowest BCUT2D eigenvalue weighted by molar-refractivity contribution is 0.925. The second-order valence-corrected chi connectivity index (χ2v) is 2.54. The van der Waals surface area contributed by atoms with Gasteiger partial charge >= 0.3 is 0 Å². The van der Waals surface area contributed by atoms with Gasteiger partial charge in [0.05, 0.1) is 6.20 Å². The fourth-order valence-electron chi connectivity index (χ4n) is 0.833. The van der Waals surface area contributed by atoms with Crippen molar-refractivity contribution in [3.63, 3.8) is 0 Å². The summed E-state index contributed by atoms with van der Waals surface area (Å²) in [5.41, 5.74) is 0. The number of nitrogens with zero attached hydrogens (tertiary/aromatic N) is 4. The molecule has 2 aromatic rings. The third-order valence-corrected chi connectivity index (χ3v) is 1.53. The standard InChI is InChI=1S/C7H5ClN4/c8-6-4-12(5-11-6)7-9-2-1-3-10-7/h1-5H. The van der Waals surface area contributed by atoms with Gasteiger partial charge in [-0.05, 0) is 6.07 Å². The molecule has 0 radical (unpaired) electrons. The Morgan fingerprint density at radius 1 is 1.17 bits per heavy atom. The van der Waals surface area contributed by atoms with Crippen molar-refractivity contribution < 1.29 is 0 Å². The van der Waals surface area contributed by atoms with Gasteiger partial charge in [0.2, 0.25) is 5.95 Å². The van der Waals surface area contributed by atoms with E-state index in [-0.39, 0.29) is 0 Å². The first-order chi connectivity index (χ1) is 5.86. The van der Waals surface area contributed by atoms with Gasteiger partial charge < -0.3 is 0 Å². The SMILES string of the molecule is Clc1cn(-c2ncccn2)cn1. The molecule has 0 aliphatic rings. The minimum Gasteiger partial charge on any atom is -0.273 e. The predicted molar refractivity (Wildman–Crippen MR) is 44.2 cm³/mol. The van der Waals surface area contributed by atoms with Gasteiger partial charge in [0.15, 0.2) is 0 Å². The van der Waals surface area contributed by atoms with E-state index in [0.717, 1.165) is 0 Å². The average molecular weight is 181 g/mol. The van der Waals surface area contributed by atoms with E-state index in [1.165, 1.54) is 0 Å². The zero-order valence-corrected chi connectivity index (χ0v) is 6.81. The third kappa shape index (κ3) is 1.29. The summed E-state index contributed by atoms with van der Waals surface area (Å²) in [6.07, 6.45) is 6.54. The van der Waals surface area contributed by atoms with Crippen LogP contribution >= 0.6 is 11.6 Å². The van der Waals surface area contributed by atoms with Gasteiger partial charge in [-0.25, -0.2) is 15.0 Å². The summed E-state index contributed by atoms with van der Waals surface area (Å²) >= 11 is 5.62. The Hall–Kier alpha value is -1.42. The van der Waals surface area contributed by atoms with Crippen LogP contribution in [-0.4, -0.2) is 19.5 Å². The van der Waals surface area contributed by atoms with Crippen LogP contribution in [0.15, 0.2) is 31.0 Å². The molecule has 2 aromatic heterocycles. The largest absolute Gasteiger partial charge is 0.273 e. The maximum Gasteiger partial charge on any atom is 0.234 e. The molecule has 0 unspecified atom stereocenters. The van der Waals surface area contributed by atoms with Crippen molar-refractivity contribution in [3.05, 3.63) is 36.1 Å². The van der Waals surface area contributed by atoms with Crippen LogP contribution in [0.2, 0.25) is 5.15 Å². The van der Waals surface area contributed by atoms with Crippen LogP contribution in [0.1, 0.15) is 0 Å². The molecule has 0 N–H and O–H groups in total. The predicted octanol–water partition coefficient (Wildman–Crippen LogP) is 1.32. The van der Waals surface area contributed by atoms with Gasteiger partial charge in [-0.1, -0.05) is 11.6 Å². The molecule has 0 aliphatic heterocycles. The summed E-state index contributed by atoms with van der Waals surface area (Å²) in [6.45, 7) is 0. The molecule has 0 bridgehead atoms. The quantitative estimate of drug-likeness (QED) is 0.665. The maximum atomic E-state index is 5.62. The van der Waals surface area contributed by atoms with Crippen LogP contribution < -0.4 is 0 Å². The Labute approximate surface area is 73.9 Å². The maximum absolute atomic E-state index is 5.62. The van der Waals surface area contributed by atoms with E-state index in [9.17, 15) is 0 Å². The van der Waals surface area contributed by atoms with E-state index in [0.29, 0.717) is 11.1 Å². The number of hydrogen-bond donors (Lipinski definition) is 0. The normalized spacial score (nSPS) is 10.1. The molecule has 0 saturated heterocycles. The monoisotopic (exact) mass is 180 g/mol. The highest BCUT2D eigenvalue weighted by Gasteiger charge is 1.98. The van der Waals surface area contributed by atoms with Crippen LogP contribution in [-0.2, 0) is 0 Å². The number of halogens is 1. The van der Waals surface area contributed by atoms with Crippen molar-refractivity contribution >= 4 is 11.6 Å². The van der Waals surface area contributed by atoms with E-state index in [2.05, 4.69) is 15.0 Å². The Balaban J connectivity index is 2.45. The highest BCUT2D eigenvalue weighted by Crippen LogP contribution is 2.05. The first-order valence-corrected chi connectivity index (χ1v) is 3.71. The molecule has 12 heavy (non-hydrogen) atoms. The van der Waals surface area contributed by atoms with Gasteiger partial charge in [0, 0.05) is 12.4 Å². The van der Waals surface area contributed by atoms with Crippen molar-refractivity contribution in [2.75, 3.05) is 0 Å². The molecular formula is C7H5ClN4. The second kappa shape index (κ2) is 2.91. The van der Waals surface area contributed by atoms with Crippen molar-refractivity contribution in [2.45, 2.75) is 0 Å². The fraction of sp³-hybridized carbons (Fsp3) is 0. The molecule has 0 amide bonds. The Kier molecular flexibility index (Phi) is 1.75. The van der Waals surface area contributed by atoms with Crippen LogP contribution in [0.3, 0.4) is 0 Å². The first-order valence-electron chi connectivity index (χ1n) is 3.33. The van der Waals surface area contributed by atoms with E-state index < -0.39 is 0 Å². The molecule has 0 saturated carbocycles. The molecule has 2 heterocycles. The zero-order chi connectivity index (χ0) is 8.39. The molecule has 4 nitrogen and oxygen atoms in total. The summed E-state index contributed by atoms with van der Waals surface area (Å²) < 4.78 is 1.66. The van der Waals surface area contributed by atoms with E-state index in [1.807, 2.05) is 0 Å². The number of rotatable bonds is 1. The molecule has 60 valence electrons. The van der Waals surface area contributed by atoms with Gasteiger partial charge in [0.25, 0.3) is 0 Å². The third-order valence-electron chi connectivity index (χ3n) is 1.33. The van der Waals surface area contributed by atoms with Crippen LogP contribution in [0.5, 0.6) is 0 Å². The number of imidazole rings is 1. The topological polar surface area (TPSA) is 43.6 Å². The minimum absolute atomic E-state index is 0.433. The van der Waals surface area contributed by atoms with E-state index in [1.54, 1.807) is 35.6 Å². The molecule has 0 aliphatic carbocycles. The van der Waals surface area contributed by atoms with Crippen molar-refractivity contribution in [2.24, 2.45) is 0 Å². The number of hydrogen-bond acceptors (Lipinski definition) is 3. The van der Waals surface area contributed by atoms with E-state index >= 15 is 0 Å². The average Bonchev–Trinajstić information content (AvgIpc) is 2.54. The smallest absolute Gasteiger partial charge is 0.234 e. The Morgan fingerprint density at radius 3 is 2.50 bits per heavy atom. The van der Waals surface area contributed by atoms with Crippen molar-refractivity contribution in [1.29, 1.82) is 0 Å². The molecule has 2 rings (SSSR count). The Bertz CT molecular complexity index is 370. The molecule has 0 atom stereocenters.